The standard InChI is InChI=1S/C22H16N4O2/c1-23-22-17-9-13(14-4-5-15-11-20(27)28-19(15)10-14)6-7-18(17)25-21(26-22)16-3-2-8-24-12-16/h2-10,12H,11H2,1H3,(H,23,25,26). The second-order valence-corrected chi connectivity index (χ2v) is 6.59. The topological polar surface area (TPSA) is 77.0 Å². The molecule has 0 aliphatic carbocycles. The van der Waals surface area contributed by atoms with Crippen LogP contribution in [0.3, 0.4) is 0 Å². The maximum absolute atomic E-state index is 11.5. The van der Waals surface area contributed by atoms with Crippen LogP contribution in [0.25, 0.3) is 33.4 Å². The number of esters is 1. The van der Waals surface area contributed by atoms with E-state index in [9.17, 15) is 4.79 Å². The van der Waals surface area contributed by atoms with Crippen molar-refractivity contribution in [3.8, 4) is 28.3 Å². The lowest BCUT2D eigenvalue weighted by molar-refractivity contribution is -0.131. The summed E-state index contributed by atoms with van der Waals surface area (Å²) >= 11 is 0. The first kappa shape index (κ1) is 16.4. The van der Waals surface area contributed by atoms with Crippen molar-refractivity contribution in [2.45, 2.75) is 6.42 Å². The number of aromatic nitrogens is 3. The van der Waals surface area contributed by atoms with E-state index in [1.165, 1.54) is 0 Å². The quantitative estimate of drug-likeness (QED) is 0.437. The molecule has 6 heteroatoms. The van der Waals surface area contributed by atoms with Crippen molar-refractivity contribution < 1.29 is 9.53 Å². The largest absolute Gasteiger partial charge is 0.426 e. The Kier molecular flexibility index (Phi) is 3.76. The van der Waals surface area contributed by atoms with Crippen molar-refractivity contribution in [1.29, 1.82) is 0 Å². The van der Waals surface area contributed by atoms with E-state index >= 15 is 0 Å². The minimum atomic E-state index is -0.209. The van der Waals surface area contributed by atoms with E-state index in [-0.39, 0.29) is 5.97 Å². The van der Waals surface area contributed by atoms with Gasteiger partial charge in [-0.25, -0.2) is 9.97 Å². The number of carbonyl (C=O) groups is 1. The molecule has 0 amide bonds. The highest BCUT2D eigenvalue weighted by atomic mass is 16.5. The van der Waals surface area contributed by atoms with Gasteiger partial charge in [-0.3, -0.25) is 9.78 Å². The van der Waals surface area contributed by atoms with Crippen LogP contribution in [-0.4, -0.2) is 28.0 Å². The molecule has 5 rings (SSSR count). The van der Waals surface area contributed by atoms with E-state index in [2.05, 4.69) is 15.3 Å². The number of rotatable bonds is 3. The molecule has 6 nitrogen and oxygen atoms in total. The smallest absolute Gasteiger partial charge is 0.315 e. The number of hydrogen-bond donors (Lipinski definition) is 1. The Balaban J connectivity index is 1.62. The number of nitrogens with one attached hydrogen (secondary N) is 1. The summed E-state index contributed by atoms with van der Waals surface area (Å²) in [5.74, 6) is 1.81. The summed E-state index contributed by atoms with van der Waals surface area (Å²) in [6, 6.07) is 15.7. The van der Waals surface area contributed by atoms with Crippen LogP contribution in [-0.2, 0) is 11.2 Å². The van der Waals surface area contributed by atoms with Crippen molar-refractivity contribution in [2.24, 2.45) is 0 Å². The molecule has 1 aliphatic rings. The van der Waals surface area contributed by atoms with Crippen LogP contribution in [0.2, 0.25) is 0 Å². The predicted molar refractivity (Wildman–Crippen MR) is 107 cm³/mol. The molecular formula is C22H16N4O2. The van der Waals surface area contributed by atoms with Crippen LogP contribution < -0.4 is 10.1 Å². The molecule has 0 radical (unpaired) electrons. The predicted octanol–water partition coefficient (Wildman–Crippen LogP) is 3.86. The number of hydrogen-bond acceptors (Lipinski definition) is 6. The van der Waals surface area contributed by atoms with Crippen molar-refractivity contribution >= 4 is 22.7 Å². The summed E-state index contributed by atoms with van der Waals surface area (Å²) in [4.78, 5) is 25.0. The van der Waals surface area contributed by atoms with Crippen molar-refractivity contribution in [2.75, 3.05) is 12.4 Å². The van der Waals surface area contributed by atoms with Gasteiger partial charge in [0.25, 0.3) is 0 Å². The first-order valence-electron chi connectivity index (χ1n) is 8.95. The SMILES string of the molecule is CNc1nc(-c2cccnc2)nc2ccc(-c3ccc4c(c3)OC(=O)C4)cc12. The molecule has 2 aromatic carbocycles. The van der Waals surface area contributed by atoms with Gasteiger partial charge >= 0.3 is 5.97 Å². The van der Waals surface area contributed by atoms with E-state index < -0.39 is 0 Å². The Morgan fingerprint density at radius 2 is 1.86 bits per heavy atom. The summed E-state index contributed by atoms with van der Waals surface area (Å²) in [5.41, 5.74) is 4.62. The van der Waals surface area contributed by atoms with E-state index in [4.69, 9.17) is 9.72 Å². The summed E-state index contributed by atoms with van der Waals surface area (Å²) in [5, 5.41) is 4.09. The molecule has 0 saturated heterocycles. The molecule has 3 heterocycles. The van der Waals surface area contributed by atoms with Crippen molar-refractivity contribution in [1.82, 2.24) is 15.0 Å². The van der Waals surface area contributed by atoms with Crippen LogP contribution in [0.5, 0.6) is 5.75 Å². The van der Waals surface area contributed by atoms with E-state index in [1.807, 2.05) is 55.6 Å². The third-order valence-corrected chi connectivity index (χ3v) is 4.81. The number of carbonyl (C=O) groups excluding carboxylic acids is 1. The van der Waals surface area contributed by atoms with Gasteiger partial charge in [-0.1, -0.05) is 18.2 Å². The maximum atomic E-state index is 11.5. The minimum absolute atomic E-state index is 0.209. The van der Waals surface area contributed by atoms with Gasteiger partial charge in [0.15, 0.2) is 5.82 Å². The van der Waals surface area contributed by atoms with Crippen molar-refractivity contribution in [3.05, 3.63) is 66.5 Å². The molecule has 0 saturated carbocycles. The number of anilines is 1. The van der Waals surface area contributed by atoms with Gasteiger partial charge in [0.2, 0.25) is 0 Å². The Bertz CT molecular complexity index is 1220. The van der Waals surface area contributed by atoms with Gasteiger partial charge in [-0.05, 0) is 41.5 Å². The fraction of sp³-hybridized carbons (Fsp3) is 0.0909. The van der Waals surface area contributed by atoms with Crippen LogP contribution >= 0.6 is 0 Å². The van der Waals surface area contributed by atoms with E-state index in [0.29, 0.717) is 18.0 Å². The van der Waals surface area contributed by atoms with Gasteiger partial charge in [0, 0.05) is 36.0 Å². The van der Waals surface area contributed by atoms with Crippen LogP contribution in [0, 0.1) is 0 Å². The summed E-state index contributed by atoms with van der Waals surface area (Å²) in [6.45, 7) is 0. The molecule has 0 fully saturated rings. The number of ether oxygens (including phenoxy) is 1. The lowest BCUT2D eigenvalue weighted by Crippen LogP contribution is -2.00. The number of nitrogens with zero attached hydrogens (tertiary/aromatic N) is 3. The van der Waals surface area contributed by atoms with Gasteiger partial charge in [0.1, 0.15) is 11.6 Å². The van der Waals surface area contributed by atoms with Crippen LogP contribution in [0.15, 0.2) is 60.9 Å². The van der Waals surface area contributed by atoms with Gasteiger partial charge < -0.3 is 10.1 Å². The maximum Gasteiger partial charge on any atom is 0.315 e. The van der Waals surface area contributed by atoms with Gasteiger partial charge in [0.05, 0.1) is 11.9 Å². The summed E-state index contributed by atoms with van der Waals surface area (Å²) in [6.07, 6.45) is 3.81. The summed E-state index contributed by atoms with van der Waals surface area (Å²) < 4.78 is 5.28. The molecule has 4 aromatic rings. The molecule has 0 spiro atoms. The second-order valence-electron chi connectivity index (χ2n) is 6.59. The Labute approximate surface area is 161 Å². The fourth-order valence-corrected chi connectivity index (χ4v) is 3.41. The third-order valence-electron chi connectivity index (χ3n) is 4.81. The molecule has 0 unspecified atom stereocenters. The molecule has 0 bridgehead atoms. The normalized spacial score (nSPS) is 12.7. The average Bonchev–Trinajstić information content (AvgIpc) is 3.12. The highest BCUT2D eigenvalue weighted by Gasteiger charge is 2.20. The molecule has 0 atom stereocenters. The van der Waals surface area contributed by atoms with Crippen molar-refractivity contribution in [3.63, 3.8) is 0 Å². The third kappa shape index (κ3) is 2.75. The lowest BCUT2D eigenvalue weighted by Gasteiger charge is -2.10. The zero-order chi connectivity index (χ0) is 19.1. The molecule has 136 valence electrons. The monoisotopic (exact) mass is 368 g/mol. The fourth-order valence-electron chi connectivity index (χ4n) is 3.41. The average molecular weight is 368 g/mol. The minimum Gasteiger partial charge on any atom is -0.426 e. The first-order valence-corrected chi connectivity index (χ1v) is 8.95. The van der Waals surface area contributed by atoms with Gasteiger partial charge in [-0.15, -0.1) is 0 Å². The highest BCUT2D eigenvalue weighted by molar-refractivity contribution is 5.94. The molecule has 1 aliphatic heterocycles. The zero-order valence-electron chi connectivity index (χ0n) is 15.1. The summed E-state index contributed by atoms with van der Waals surface area (Å²) in [7, 11) is 1.84. The molecule has 28 heavy (non-hydrogen) atoms. The van der Waals surface area contributed by atoms with Crippen LogP contribution in [0.4, 0.5) is 5.82 Å². The van der Waals surface area contributed by atoms with E-state index in [0.717, 1.165) is 39.0 Å². The lowest BCUT2D eigenvalue weighted by atomic mass is 10.0. The van der Waals surface area contributed by atoms with Crippen LogP contribution in [0.1, 0.15) is 5.56 Å². The molecule has 1 N–H and O–H groups in total. The zero-order valence-corrected chi connectivity index (χ0v) is 15.1. The van der Waals surface area contributed by atoms with E-state index in [1.54, 1.807) is 12.4 Å². The molecular weight excluding hydrogens is 352 g/mol. The second kappa shape index (κ2) is 6.42. The first-order chi connectivity index (χ1) is 13.7. The Hall–Kier alpha value is -3.80. The Morgan fingerprint density at radius 3 is 2.68 bits per heavy atom. The Morgan fingerprint density at radius 1 is 1.00 bits per heavy atom. The van der Waals surface area contributed by atoms with Gasteiger partial charge in [-0.2, -0.15) is 0 Å². The number of benzene rings is 2. The number of fused-ring (bicyclic) bond motifs is 2. The highest BCUT2D eigenvalue weighted by Crippen LogP contribution is 2.34. The molecule has 2 aromatic heterocycles. The number of pyridine rings is 1.